The molecule has 17 heavy (non-hydrogen) atoms. The summed E-state index contributed by atoms with van der Waals surface area (Å²) in [7, 11) is 0. The van der Waals surface area contributed by atoms with Gasteiger partial charge in [0, 0.05) is 4.47 Å². The normalized spacial score (nSPS) is 18.9. The molecule has 92 valence electrons. The summed E-state index contributed by atoms with van der Waals surface area (Å²) in [6.45, 7) is 3.76. The zero-order chi connectivity index (χ0) is 12.3. The first kappa shape index (κ1) is 12.8. The van der Waals surface area contributed by atoms with Crippen LogP contribution in [0.2, 0.25) is 0 Å². The molecule has 0 aromatic heterocycles. The summed E-state index contributed by atoms with van der Waals surface area (Å²) >= 11 is 3.55. The molecule has 0 bridgehead atoms. The second kappa shape index (κ2) is 5.78. The van der Waals surface area contributed by atoms with Gasteiger partial charge < -0.3 is 0 Å². The maximum Gasteiger partial charge on any atom is 0.151 e. The van der Waals surface area contributed by atoms with Crippen molar-refractivity contribution in [3.63, 3.8) is 0 Å². The number of carbonyl (C=O) groups is 1. The molecule has 0 aliphatic carbocycles. The molecule has 1 heterocycles. The minimum absolute atomic E-state index is 0.0779. The Morgan fingerprint density at radius 1 is 1.24 bits per heavy atom. The van der Waals surface area contributed by atoms with Gasteiger partial charge in [0.1, 0.15) is 0 Å². The Labute approximate surface area is 111 Å². The van der Waals surface area contributed by atoms with Crippen LogP contribution in [0.1, 0.15) is 37.8 Å². The van der Waals surface area contributed by atoms with Gasteiger partial charge in [0.05, 0.1) is 6.04 Å². The second-order valence-corrected chi connectivity index (χ2v) is 5.49. The van der Waals surface area contributed by atoms with E-state index in [0.29, 0.717) is 0 Å². The Morgan fingerprint density at radius 3 is 2.47 bits per heavy atom. The third-order valence-electron chi connectivity index (χ3n) is 3.34. The molecule has 1 aromatic carbocycles. The molecular weight excluding hydrogens is 278 g/mol. The lowest BCUT2D eigenvalue weighted by atomic mass is 9.99. The van der Waals surface area contributed by atoms with Crippen LogP contribution in [-0.2, 0) is 4.79 Å². The SMILES string of the molecule is CC(=O)C(c1ccccc1Br)N1CCCCC1. The largest absolute Gasteiger partial charge is 0.298 e. The lowest BCUT2D eigenvalue weighted by molar-refractivity contribution is -0.122. The van der Waals surface area contributed by atoms with Crippen LogP contribution in [0.4, 0.5) is 0 Å². The number of hydrogen-bond acceptors (Lipinski definition) is 2. The zero-order valence-corrected chi connectivity index (χ0v) is 11.7. The third-order valence-corrected chi connectivity index (χ3v) is 4.06. The topological polar surface area (TPSA) is 20.3 Å². The van der Waals surface area contributed by atoms with Crippen LogP contribution < -0.4 is 0 Å². The second-order valence-electron chi connectivity index (χ2n) is 4.63. The summed E-state index contributed by atoms with van der Waals surface area (Å²) in [4.78, 5) is 14.2. The van der Waals surface area contributed by atoms with Gasteiger partial charge in [-0.1, -0.05) is 40.5 Å². The van der Waals surface area contributed by atoms with Crippen molar-refractivity contribution in [3.05, 3.63) is 34.3 Å². The Kier molecular flexibility index (Phi) is 4.35. The maximum absolute atomic E-state index is 11.9. The summed E-state index contributed by atoms with van der Waals surface area (Å²) < 4.78 is 1.03. The monoisotopic (exact) mass is 295 g/mol. The van der Waals surface area contributed by atoms with Gasteiger partial charge in [-0.3, -0.25) is 9.69 Å². The minimum Gasteiger partial charge on any atom is -0.298 e. The van der Waals surface area contributed by atoms with Crippen molar-refractivity contribution in [1.29, 1.82) is 0 Å². The Balaban J connectivity index is 2.28. The number of hydrogen-bond donors (Lipinski definition) is 0. The van der Waals surface area contributed by atoms with E-state index in [4.69, 9.17) is 0 Å². The zero-order valence-electron chi connectivity index (χ0n) is 10.2. The van der Waals surface area contributed by atoms with Crippen molar-refractivity contribution in [2.24, 2.45) is 0 Å². The third kappa shape index (κ3) is 2.96. The number of Topliss-reactive ketones (excluding diaryl/α,β-unsaturated/α-hetero) is 1. The van der Waals surface area contributed by atoms with Crippen molar-refractivity contribution >= 4 is 21.7 Å². The molecule has 3 heteroatoms. The van der Waals surface area contributed by atoms with E-state index in [1.807, 2.05) is 24.3 Å². The van der Waals surface area contributed by atoms with Gasteiger partial charge in [-0.25, -0.2) is 0 Å². The molecule has 1 unspecified atom stereocenters. The van der Waals surface area contributed by atoms with Gasteiger partial charge in [-0.15, -0.1) is 0 Å². The average Bonchev–Trinajstić information content (AvgIpc) is 2.33. The standard InChI is InChI=1S/C14H18BrNO/c1-11(17)14(16-9-5-2-6-10-16)12-7-3-4-8-13(12)15/h3-4,7-8,14H,2,5-6,9-10H2,1H3. The number of likely N-dealkylation sites (tertiary alicyclic amines) is 1. The van der Waals surface area contributed by atoms with Crippen LogP contribution in [0.3, 0.4) is 0 Å². The highest BCUT2D eigenvalue weighted by Gasteiger charge is 2.27. The number of halogens is 1. The first-order valence-electron chi connectivity index (χ1n) is 6.19. The van der Waals surface area contributed by atoms with Crippen molar-refractivity contribution in [1.82, 2.24) is 4.90 Å². The van der Waals surface area contributed by atoms with Gasteiger partial charge in [0.25, 0.3) is 0 Å². The van der Waals surface area contributed by atoms with Crippen LogP contribution in [-0.4, -0.2) is 23.8 Å². The fraction of sp³-hybridized carbons (Fsp3) is 0.500. The Bertz CT molecular complexity index is 399. The molecule has 2 nitrogen and oxygen atoms in total. The van der Waals surface area contributed by atoms with Crippen molar-refractivity contribution in [3.8, 4) is 0 Å². The van der Waals surface area contributed by atoms with Gasteiger partial charge in [-0.2, -0.15) is 0 Å². The van der Waals surface area contributed by atoms with Crippen LogP contribution in [0.25, 0.3) is 0 Å². The van der Waals surface area contributed by atoms with Crippen molar-refractivity contribution in [2.45, 2.75) is 32.2 Å². The number of ketones is 1. The first-order valence-corrected chi connectivity index (χ1v) is 6.98. The van der Waals surface area contributed by atoms with E-state index in [9.17, 15) is 4.79 Å². The molecule has 0 radical (unpaired) electrons. The van der Waals surface area contributed by atoms with E-state index in [1.165, 1.54) is 19.3 Å². The van der Waals surface area contributed by atoms with Gasteiger partial charge in [0.15, 0.2) is 5.78 Å². The summed E-state index contributed by atoms with van der Waals surface area (Å²) in [6, 6.07) is 7.96. The fourth-order valence-electron chi connectivity index (χ4n) is 2.55. The highest BCUT2D eigenvalue weighted by atomic mass is 79.9. The van der Waals surface area contributed by atoms with E-state index in [-0.39, 0.29) is 11.8 Å². The number of nitrogens with zero attached hydrogens (tertiary/aromatic N) is 1. The fourth-order valence-corrected chi connectivity index (χ4v) is 3.05. The molecular formula is C14H18BrNO. The summed E-state index contributed by atoms with van der Waals surface area (Å²) in [6.07, 6.45) is 3.69. The molecule has 1 fully saturated rings. The lowest BCUT2D eigenvalue weighted by Crippen LogP contribution is -2.37. The smallest absolute Gasteiger partial charge is 0.151 e. The lowest BCUT2D eigenvalue weighted by Gasteiger charge is -2.33. The van der Waals surface area contributed by atoms with Crippen molar-refractivity contribution < 1.29 is 4.79 Å². The summed E-state index contributed by atoms with van der Waals surface area (Å²) in [5.74, 6) is 0.235. The minimum atomic E-state index is -0.0779. The van der Waals surface area contributed by atoms with Crippen LogP contribution in [0, 0.1) is 0 Å². The number of piperidine rings is 1. The molecule has 1 saturated heterocycles. The first-order chi connectivity index (χ1) is 8.20. The molecule has 1 aliphatic rings. The molecule has 1 aliphatic heterocycles. The maximum atomic E-state index is 11.9. The molecule has 0 spiro atoms. The van der Waals surface area contributed by atoms with Crippen LogP contribution in [0.15, 0.2) is 28.7 Å². The highest BCUT2D eigenvalue weighted by molar-refractivity contribution is 9.10. The van der Waals surface area contributed by atoms with Gasteiger partial charge in [0.2, 0.25) is 0 Å². The Hall–Kier alpha value is -0.670. The van der Waals surface area contributed by atoms with Gasteiger partial charge >= 0.3 is 0 Å². The molecule has 1 aromatic rings. The summed E-state index contributed by atoms with van der Waals surface area (Å²) in [5, 5.41) is 0. The Morgan fingerprint density at radius 2 is 1.88 bits per heavy atom. The van der Waals surface area contributed by atoms with E-state index >= 15 is 0 Å². The molecule has 0 amide bonds. The van der Waals surface area contributed by atoms with Gasteiger partial charge in [-0.05, 0) is 44.5 Å². The van der Waals surface area contributed by atoms with Crippen molar-refractivity contribution in [2.75, 3.05) is 13.1 Å². The van der Waals surface area contributed by atoms with E-state index in [2.05, 4.69) is 20.8 Å². The number of carbonyl (C=O) groups excluding carboxylic acids is 1. The predicted molar refractivity (Wildman–Crippen MR) is 73.0 cm³/mol. The summed E-state index contributed by atoms with van der Waals surface area (Å²) in [5.41, 5.74) is 1.10. The number of benzene rings is 1. The predicted octanol–water partition coefficient (Wildman–Crippen LogP) is 3.57. The highest BCUT2D eigenvalue weighted by Crippen LogP contribution is 2.30. The molecule has 2 rings (SSSR count). The average molecular weight is 296 g/mol. The molecule has 1 atom stereocenters. The van der Waals surface area contributed by atoms with Crippen LogP contribution in [0.5, 0.6) is 0 Å². The van der Waals surface area contributed by atoms with E-state index in [0.717, 1.165) is 23.1 Å². The molecule has 0 N–H and O–H groups in total. The molecule has 0 saturated carbocycles. The van der Waals surface area contributed by atoms with Crippen LogP contribution >= 0.6 is 15.9 Å². The van der Waals surface area contributed by atoms with E-state index in [1.54, 1.807) is 6.92 Å². The quantitative estimate of drug-likeness (QED) is 0.850. The number of rotatable bonds is 3. The van der Waals surface area contributed by atoms with E-state index < -0.39 is 0 Å².